The number of aliphatic hydroxyl groups is 1. The number of aromatic nitrogens is 4. The zero-order valence-electron chi connectivity index (χ0n) is 17.8. The first-order chi connectivity index (χ1) is 14.1. The van der Waals surface area contributed by atoms with Gasteiger partial charge in [-0.3, -0.25) is 9.67 Å². The molecule has 0 saturated heterocycles. The lowest BCUT2D eigenvalue weighted by Gasteiger charge is -2.30. The Bertz CT molecular complexity index is 844. The number of hydrogen-bond acceptors (Lipinski definition) is 4. The van der Waals surface area contributed by atoms with Crippen molar-refractivity contribution in [2.45, 2.75) is 51.9 Å². The molecule has 2 heterocycles. The molecule has 1 atom stereocenters. The summed E-state index contributed by atoms with van der Waals surface area (Å²) in [5, 5.41) is 20.6. The number of halogens is 3. The maximum absolute atomic E-state index is 13.6. The van der Waals surface area contributed by atoms with E-state index in [0.717, 1.165) is 17.8 Å². The van der Waals surface area contributed by atoms with Gasteiger partial charge in [0.25, 0.3) is 0 Å². The van der Waals surface area contributed by atoms with Crippen molar-refractivity contribution < 1.29 is 18.3 Å². The average Bonchev–Trinajstić information content (AvgIpc) is 3.22. The third-order valence-corrected chi connectivity index (χ3v) is 4.68. The van der Waals surface area contributed by atoms with Crippen LogP contribution in [0.4, 0.5) is 13.2 Å². The molecule has 2 rings (SSSR count). The lowest BCUT2D eigenvalue weighted by molar-refractivity contribution is -0.272. The summed E-state index contributed by atoms with van der Waals surface area (Å²) in [4.78, 5) is 8.09. The minimum atomic E-state index is -4.86. The second-order valence-electron chi connectivity index (χ2n) is 7.16. The van der Waals surface area contributed by atoms with Crippen LogP contribution in [-0.2, 0) is 19.2 Å². The van der Waals surface area contributed by atoms with E-state index in [-0.39, 0.29) is 6.54 Å². The summed E-state index contributed by atoms with van der Waals surface area (Å²) >= 11 is 0. The Labute approximate surface area is 174 Å². The topological polar surface area (TPSA) is 92.3 Å². The molecule has 2 aromatic heterocycles. The first-order valence-corrected chi connectivity index (χ1v) is 9.88. The predicted octanol–water partition coefficient (Wildman–Crippen LogP) is 2.02. The van der Waals surface area contributed by atoms with Gasteiger partial charge in [-0.2, -0.15) is 18.3 Å². The zero-order valence-corrected chi connectivity index (χ0v) is 17.8. The third-order valence-electron chi connectivity index (χ3n) is 4.68. The molecule has 0 aliphatic rings. The number of imidazole rings is 1. The predicted molar refractivity (Wildman–Crippen MR) is 108 cm³/mol. The van der Waals surface area contributed by atoms with Crippen LogP contribution in [0.5, 0.6) is 0 Å². The maximum atomic E-state index is 13.6. The molecule has 0 aliphatic heterocycles. The first-order valence-electron chi connectivity index (χ1n) is 9.88. The van der Waals surface area contributed by atoms with Gasteiger partial charge in [-0.25, -0.2) is 4.98 Å². The van der Waals surface area contributed by atoms with E-state index in [2.05, 4.69) is 25.7 Å². The molecule has 0 bridgehead atoms. The Kier molecular flexibility index (Phi) is 7.88. The second-order valence-corrected chi connectivity index (χ2v) is 7.16. The minimum Gasteiger partial charge on any atom is -0.374 e. The molecule has 30 heavy (non-hydrogen) atoms. The molecule has 3 N–H and O–H groups in total. The van der Waals surface area contributed by atoms with Gasteiger partial charge in [-0.15, -0.1) is 0 Å². The quantitative estimate of drug-likeness (QED) is 0.322. The van der Waals surface area contributed by atoms with Gasteiger partial charge in [0.05, 0.1) is 5.69 Å². The number of nitrogens with one attached hydrogen (secondary N) is 2. The number of rotatable bonds is 9. The highest BCUT2D eigenvalue weighted by Gasteiger charge is 2.57. The van der Waals surface area contributed by atoms with E-state index in [4.69, 9.17) is 0 Å². The Hall–Kier alpha value is -2.56. The molecule has 1 unspecified atom stereocenters. The number of alkyl halides is 3. The van der Waals surface area contributed by atoms with Gasteiger partial charge in [-0.1, -0.05) is 0 Å². The van der Waals surface area contributed by atoms with Crippen molar-refractivity contribution in [1.29, 1.82) is 0 Å². The largest absolute Gasteiger partial charge is 0.424 e. The number of aliphatic imine (C=N–C) groups is 1. The van der Waals surface area contributed by atoms with E-state index in [1.807, 2.05) is 31.5 Å². The number of hydrogen-bond donors (Lipinski definition) is 3. The van der Waals surface area contributed by atoms with Crippen molar-refractivity contribution in [3.05, 3.63) is 35.7 Å². The smallest absolute Gasteiger partial charge is 0.374 e. The van der Waals surface area contributed by atoms with Crippen molar-refractivity contribution >= 4 is 5.96 Å². The molecule has 11 heteroatoms. The van der Waals surface area contributed by atoms with E-state index >= 15 is 0 Å². The van der Waals surface area contributed by atoms with Crippen LogP contribution in [0.15, 0.2) is 23.5 Å². The molecule has 168 valence electrons. The maximum Gasteiger partial charge on any atom is 0.424 e. The van der Waals surface area contributed by atoms with Crippen LogP contribution in [0.25, 0.3) is 0 Å². The second kappa shape index (κ2) is 9.96. The fraction of sp³-hybridized carbons (Fsp3) is 0.632. The van der Waals surface area contributed by atoms with Crippen LogP contribution >= 0.6 is 0 Å². The number of nitrogens with zero attached hydrogens (tertiary/aromatic N) is 5. The van der Waals surface area contributed by atoms with Crippen molar-refractivity contribution in [1.82, 2.24) is 30.0 Å². The summed E-state index contributed by atoms with van der Waals surface area (Å²) < 4.78 is 43.8. The highest BCUT2D eigenvalue weighted by molar-refractivity contribution is 5.79. The lowest BCUT2D eigenvalue weighted by atomic mass is 9.97. The van der Waals surface area contributed by atoms with Crippen LogP contribution in [0.3, 0.4) is 0 Å². The van der Waals surface area contributed by atoms with Crippen LogP contribution in [0.1, 0.15) is 37.0 Å². The van der Waals surface area contributed by atoms with E-state index in [1.165, 1.54) is 24.0 Å². The molecule has 0 saturated carbocycles. The van der Waals surface area contributed by atoms with Gasteiger partial charge >= 0.3 is 6.18 Å². The highest BCUT2D eigenvalue weighted by Crippen LogP contribution is 2.40. The van der Waals surface area contributed by atoms with E-state index in [1.54, 1.807) is 0 Å². The van der Waals surface area contributed by atoms with Crippen LogP contribution in [-0.4, -0.2) is 56.2 Å². The van der Waals surface area contributed by atoms with Crippen molar-refractivity contribution in [3.8, 4) is 0 Å². The van der Waals surface area contributed by atoms with E-state index < -0.39 is 24.0 Å². The van der Waals surface area contributed by atoms with E-state index in [9.17, 15) is 18.3 Å². The Morgan fingerprint density at radius 1 is 1.27 bits per heavy atom. The fourth-order valence-corrected chi connectivity index (χ4v) is 3.16. The summed E-state index contributed by atoms with van der Waals surface area (Å²) in [6, 6.07) is 2.00. The Balaban J connectivity index is 1.94. The summed E-state index contributed by atoms with van der Waals surface area (Å²) in [5.74, 6) is -0.0427. The molecule has 2 aromatic rings. The van der Waals surface area contributed by atoms with E-state index in [0.29, 0.717) is 25.6 Å². The van der Waals surface area contributed by atoms with Crippen molar-refractivity contribution in [2.24, 2.45) is 12.0 Å². The van der Waals surface area contributed by atoms with Crippen molar-refractivity contribution in [2.75, 3.05) is 19.6 Å². The zero-order chi connectivity index (χ0) is 22.4. The third kappa shape index (κ3) is 5.74. The fourth-order valence-electron chi connectivity index (χ4n) is 3.16. The van der Waals surface area contributed by atoms with Gasteiger partial charge in [0.15, 0.2) is 5.96 Å². The molecule has 0 radical (unpaired) electrons. The normalized spacial score (nSPS) is 14.6. The van der Waals surface area contributed by atoms with Crippen LogP contribution < -0.4 is 10.6 Å². The Morgan fingerprint density at radius 2 is 2.00 bits per heavy atom. The Morgan fingerprint density at radius 3 is 2.53 bits per heavy atom. The van der Waals surface area contributed by atoms with Crippen molar-refractivity contribution in [3.63, 3.8) is 0 Å². The van der Waals surface area contributed by atoms with Crippen LogP contribution in [0.2, 0.25) is 0 Å². The summed E-state index contributed by atoms with van der Waals surface area (Å²) in [6.45, 7) is 7.40. The van der Waals surface area contributed by atoms with Gasteiger partial charge in [0.2, 0.25) is 5.60 Å². The number of guanidine groups is 1. The van der Waals surface area contributed by atoms with Gasteiger partial charge in [-0.05, 0) is 33.3 Å². The molecule has 0 aromatic carbocycles. The summed E-state index contributed by atoms with van der Waals surface area (Å²) in [7, 11) is 1.42. The monoisotopic (exact) mass is 429 g/mol. The van der Waals surface area contributed by atoms with Gasteiger partial charge in [0, 0.05) is 57.7 Å². The molecular formula is C19H30F3N7O. The molecular weight excluding hydrogens is 399 g/mol. The van der Waals surface area contributed by atoms with Gasteiger partial charge < -0.3 is 20.3 Å². The minimum absolute atomic E-state index is 0.133. The molecule has 0 amide bonds. The lowest BCUT2D eigenvalue weighted by Crippen LogP contribution is -2.48. The van der Waals surface area contributed by atoms with Gasteiger partial charge in [0.1, 0.15) is 5.82 Å². The first kappa shape index (κ1) is 23.7. The summed E-state index contributed by atoms with van der Waals surface area (Å²) in [6.07, 6.45) is -2.12. The molecule has 0 aliphatic carbocycles. The van der Waals surface area contributed by atoms with Crippen LogP contribution in [0, 0.1) is 13.8 Å². The molecule has 0 spiro atoms. The highest BCUT2D eigenvalue weighted by atomic mass is 19.4. The number of aryl methyl sites for hydroxylation is 4. The SMILES string of the molecule is CCNC(=NCCCn1nc(C)cc1C)NCCC(O)(c1nccn1C)C(F)(F)F. The summed E-state index contributed by atoms with van der Waals surface area (Å²) in [5.41, 5.74) is -1.02. The average molecular weight is 429 g/mol. The molecule has 0 fully saturated rings. The standard InChI is InChI=1S/C19H30F3N7O/c1-5-23-17(25-8-6-11-29-15(3)13-14(2)27-29)26-9-7-18(30,19(20,21)22)16-24-10-12-28(16)4/h10,12-13,30H,5-9,11H2,1-4H3,(H2,23,25,26). The molecule has 8 nitrogen and oxygen atoms in total.